The molecular weight excluding hydrogens is 596 g/mol. The van der Waals surface area contributed by atoms with E-state index in [-0.39, 0.29) is 29.5 Å². The first-order chi connectivity index (χ1) is 19.5. The Labute approximate surface area is 239 Å². The molecule has 1 heterocycles. The van der Waals surface area contributed by atoms with Gasteiger partial charge in [0.2, 0.25) is 5.78 Å². The normalized spacial score (nSPS) is 19.5. The molecule has 1 aromatic heterocycles. The van der Waals surface area contributed by atoms with Crippen LogP contribution in [-0.2, 0) is 11.8 Å². The number of allylic oxidation sites excluding steroid dienone is 5. The maximum Gasteiger partial charge on any atom is 0.260 e. The lowest BCUT2D eigenvalue weighted by Gasteiger charge is -2.23. The molecule has 41 heavy (non-hydrogen) atoms. The van der Waals surface area contributed by atoms with Gasteiger partial charge in [-0.05, 0) is 53.4 Å². The molecular formula is C30H21BrN2O8. The molecule has 0 bridgehead atoms. The van der Waals surface area contributed by atoms with Crippen molar-refractivity contribution in [2.75, 3.05) is 7.05 Å². The molecule has 0 radical (unpaired) electrons. The van der Waals surface area contributed by atoms with E-state index < -0.39 is 73.6 Å². The molecule has 0 saturated heterocycles. The van der Waals surface area contributed by atoms with Crippen molar-refractivity contribution in [1.29, 1.82) is 0 Å². The monoisotopic (exact) mass is 616 g/mol. The second-order valence-corrected chi connectivity index (χ2v) is 10.8. The van der Waals surface area contributed by atoms with Gasteiger partial charge in [-0.15, -0.1) is 0 Å². The Hall–Kier alpha value is -4.77. The SMILES string of the molecule is C/C=C/C=C/c1cc2c(Br)c3c(c(O)c2c(=O)[nH]1)[C@@]1(CC3)C(=O)c2c(O)c3c(c(O)c2C1=O)C(=O)C(NC)=CC3=O. The van der Waals surface area contributed by atoms with Crippen LogP contribution in [0.5, 0.6) is 17.2 Å². The number of likely N-dealkylation sites (N-methyl/N-ethyl adjacent to an activating group) is 1. The molecule has 3 aliphatic carbocycles. The molecule has 0 amide bonds. The van der Waals surface area contributed by atoms with Crippen LogP contribution in [0.1, 0.15) is 71.6 Å². The molecule has 1 spiro atoms. The molecule has 0 aliphatic heterocycles. The Morgan fingerprint density at radius 2 is 1.61 bits per heavy atom. The van der Waals surface area contributed by atoms with E-state index in [9.17, 15) is 39.3 Å². The predicted octanol–water partition coefficient (Wildman–Crippen LogP) is 3.74. The minimum atomic E-state index is -2.10. The summed E-state index contributed by atoms with van der Waals surface area (Å²) in [6.45, 7) is 1.84. The fourth-order valence-electron chi connectivity index (χ4n) is 6.22. The zero-order valence-electron chi connectivity index (χ0n) is 21.6. The van der Waals surface area contributed by atoms with Gasteiger partial charge in [0.25, 0.3) is 5.56 Å². The highest BCUT2D eigenvalue weighted by Crippen LogP contribution is 2.58. The van der Waals surface area contributed by atoms with E-state index in [0.29, 0.717) is 21.1 Å². The Kier molecular flexibility index (Phi) is 5.72. The first-order valence-corrected chi connectivity index (χ1v) is 13.4. The zero-order chi connectivity index (χ0) is 29.5. The van der Waals surface area contributed by atoms with E-state index in [2.05, 4.69) is 26.2 Å². The molecule has 1 atom stereocenters. The van der Waals surface area contributed by atoms with Crippen LogP contribution < -0.4 is 10.9 Å². The van der Waals surface area contributed by atoms with Gasteiger partial charge in [0.15, 0.2) is 17.3 Å². The van der Waals surface area contributed by atoms with Crippen molar-refractivity contribution >= 4 is 55.9 Å². The van der Waals surface area contributed by atoms with Gasteiger partial charge in [0, 0.05) is 34.2 Å². The van der Waals surface area contributed by atoms with Crippen molar-refractivity contribution in [2.24, 2.45) is 0 Å². The van der Waals surface area contributed by atoms with Crippen molar-refractivity contribution in [1.82, 2.24) is 10.3 Å². The quantitative estimate of drug-likeness (QED) is 0.167. The van der Waals surface area contributed by atoms with Crippen molar-refractivity contribution in [3.05, 3.63) is 90.0 Å². The highest BCUT2D eigenvalue weighted by atomic mass is 79.9. The number of phenols is 3. The second-order valence-electron chi connectivity index (χ2n) is 10.0. The van der Waals surface area contributed by atoms with E-state index in [1.807, 2.05) is 13.0 Å². The van der Waals surface area contributed by atoms with Gasteiger partial charge in [-0.2, -0.15) is 0 Å². The fraction of sp³-hybridized carbons (Fsp3) is 0.167. The minimum absolute atomic E-state index is 0.116. The summed E-state index contributed by atoms with van der Waals surface area (Å²) in [5.74, 6) is -5.94. The lowest BCUT2D eigenvalue weighted by molar-refractivity contribution is 0.0790. The van der Waals surface area contributed by atoms with Crippen molar-refractivity contribution in [3.8, 4) is 17.2 Å². The van der Waals surface area contributed by atoms with Crippen molar-refractivity contribution < 1.29 is 34.5 Å². The van der Waals surface area contributed by atoms with Gasteiger partial charge in [0.05, 0.1) is 33.3 Å². The summed E-state index contributed by atoms with van der Waals surface area (Å²) < 4.78 is 0.404. The van der Waals surface area contributed by atoms with Gasteiger partial charge in [0.1, 0.15) is 22.7 Å². The van der Waals surface area contributed by atoms with Crippen LogP contribution in [0.15, 0.2) is 45.3 Å². The molecule has 3 aliphatic rings. The topological polar surface area (TPSA) is 174 Å². The number of Topliss-reactive ketones (excluding diaryl/α,β-unsaturated/α-hetero) is 3. The third-order valence-electron chi connectivity index (χ3n) is 8.03. The fourth-order valence-corrected chi connectivity index (χ4v) is 6.93. The summed E-state index contributed by atoms with van der Waals surface area (Å²) in [7, 11) is 1.39. The van der Waals surface area contributed by atoms with Crippen LogP contribution >= 0.6 is 15.9 Å². The third kappa shape index (κ3) is 3.20. The number of aromatic amines is 1. The van der Waals surface area contributed by atoms with Crippen LogP contribution in [0.2, 0.25) is 0 Å². The minimum Gasteiger partial charge on any atom is -0.507 e. The first kappa shape index (κ1) is 26.5. The summed E-state index contributed by atoms with van der Waals surface area (Å²) in [5, 5.41) is 36.5. The van der Waals surface area contributed by atoms with E-state index >= 15 is 0 Å². The predicted molar refractivity (Wildman–Crippen MR) is 152 cm³/mol. The number of rotatable bonds is 3. The molecule has 206 valence electrons. The van der Waals surface area contributed by atoms with E-state index in [1.165, 1.54) is 7.05 Å². The number of carbonyl (C=O) groups excluding carboxylic acids is 4. The van der Waals surface area contributed by atoms with Crippen LogP contribution in [-0.4, -0.2) is 50.5 Å². The maximum atomic E-state index is 14.1. The van der Waals surface area contributed by atoms with Crippen LogP contribution in [0.3, 0.4) is 0 Å². The first-order valence-electron chi connectivity index (χ1n) is 12.6. The number of fused-ring (bicyclic) bond motifs is 5. The average Bonchev–Trinajstić information content (AvgIpc) is 3.45. The number of hydrogen-bond donors (Lipinski definition) is 5. The third-order valence-corrected chi connectivity index (χ3v) is 8.93. The molecule has 6 rings (SSSR count). The summed E-state index contributed by atoms with van der Waals surface area (Å²) in [6.07, 6.45) is 7.90. The largest absolute Gasteiger partial charge is 0.507 e. The Morgan fingerprint density at radius 3 is 2.24 bits per heavy atom. The number of pyridine rings is 1. The van der Waals surface area contributed by atoms with Crippen LogP contribution in [0.4, 0.5) is 0 Å². The molecule has 2 aromatic carbocycles. The van der Waals surface area contributed by atoms with Crippen molar-refractivity contribution in [2.45, 2.75) is 25.2 Å². The molecule has 10 nitrogen and oxygen atoms in total. The molecule has 0 unspecified atom stereocenters. The van der Waals surface area contributed by atoms with Gasteiger partial charge in [-0.25, -0.2) is 0 Å². The molecule has 3 aromatic rings. The average molecular weight is 617 g/mol. The summed E-state index contributed by atoms with van der Waals surface area (Å²) in [6, 6.07) is 1.65. The van der Waals surface area contributed by atoms with Crippen LogP contribution in [0.25, 0.3) is 16.8 Å². The standard InChI is InChI=1S/C30H21BrN2O8/c1-3-4-5-6-11-9-13-16(29(41)33-11)26(38)21-12(22(13)31)7-8-30(21)27(39)19-20(28(30)40)25(37)18-17(24(19)36)15(34)10-14(32-2)23(18)35/h3-6,9-10,32,36-38H,7-8H2,1-2H3,(H,33,41)/b4-3+,6-5+/t30-/m0/s1. The van der Waals surface area contributed by atoms with Gasteiger partial charge < -0.3 is 25.6 Å². The summed E-state index contributed by atoms with van der Waals surface area (Å²) >= 11 is 3.51. The number of ketones is 4. The Balaban J connectivity index is 1.62. The molecule has 5 N–H and O–H groups in total. The van der Waals surface area contributed by atoms with E-state index in [4.69, 9.17) is 0 Å². The highest BCUT2D eigenvalue weighted by molar-refractivity contribution is 9.10. The number of benzene rings is 2. The molecule has 0 fully saturated rings. The molecule has 11 heteroatoms. The number of hydrogen-bond acceptors (Lipinski definition) is 9. The van der Waals surface area contributed by atoms with Crippen LogP contribution in [0, 0.1) is 0 Å². The number of H-pyrrole nitrogens is 1. The lowest BCUT2D eigenvalue weighted by atomic mass is 9.76. The van der Waals surface area contributed by atoms with Gasteiger partial charge in [-0.1, -0.05) is 18.2 Å². The summed E-state index contributed by atoms with van der Waals surface area (Å²) in [5.41, 5.74) is -4.55. The van der Waals surface area contributed by atoms with Crippen molar-refractivity contribution in [3.63, 3.8) is 0 Å². The second kappa shape index (κ2) is 8.87. The maximum absolute atomic E-state index is 14.1. The summed E-state index contributed by atoms with van der Waals surface area (Å²) in [4.78, 5) is 69.9. The zero-order valence-corrected chi connectivity index (χ0v) is 23.2. The number of phenolic OH excluding ortho intramolecular Hbond substituents is 3. The number of aromatic nitrogens is 1. The number of halogens is 1. The number of aromatic hydroxyl groups is 3. The van der Waals surface area contributed by atoms with E-state index in [1.54, 1.807) is 24.3 Å². The van der Waals surface area contributed by atoms with Gasteiger partial charge in [-0.3, -0.25) is 24.0 Å². The van der Waals surface area contributed by atoms with E-state index in [0.717, 1.165) is 6.08 Å². The number of carbonyl (C=O) groups is 4. The Bertz CT molecular complexity index is 1980. The smallest absolute Gasteiger partial charge is 0.260 e. The van der Waals surface area contributed by atoms with Gasteiger partial charge >= 0.3 is 0 Å². The Morgan fingerprint density at radius 1 is 0.951 bits per heavy atom. The highest BCUT2D eigenvalue weighted by Gasteiger charge is 2.62. The molecule has 0 saturated carbocycles. The lowest BCUT2D eigenvalue weighted by Crippen LogP contribution is -2.36. The number of nitrogens with one attached hydrogen (secondary N) is 2.